The molecule has 2 aromatic rings. The van der Waals surface area contributed by atoms with E-state index in [0.29, 0.717) is 31.0 Å². The minimum Gasteiger partial charge on any atom is -0.368 e. The molecule has 0 saturated carbocycles. The molecular weight excluding hydrogens is 421 g/mol. The SMILES string of the molecule is O=C(NC(c1ccc(C(F)(F)F)c(F)c1)c1ncccc1C(F)(F)F)[C@@H]1CCCO1. The predicted molar refractivity (Wildman–Crippen MR) is 89.6 cm³/mol. The molecule has 1 N–H and O–H groups in total. The van der Waals surface area contributed by atoms with Crippen molar-refractivity contribution in [1.82, 2.24) is 10.3 Å². The van der Waals surface area contributed by atoms with Gasteiger partial charge in [0.05, 0.1) is 22.9 Å². The summed E-state index contributed by atoms with van der Waals surface area (Å²) in [5, 5.41) is 2.32. The second-order valence-corrected chi connectivity index (χ2v) is 6.61. The van der Waals surface area contributed by atoms with E-state index in [4.69, 9.17) is 4.74 Å². The molecule has 0 bridgehead atoms. The fraction of sp³-hybridized carbons (Fsp3) is 0.368. The number of alkyl halides is 6. The van der Waals surface area contributed by atoms with E-state index in [1.165, 1.54) is 0 Å². The van der Waals surface area contributed by atoms with Crippen molar-refractivity contribution in [2.45, 2.75) is 37.3 Å². The van der Waals surface area contributed by atoms with Gasteiger partial charge in [-0.05, 0) is 42.7 Å². The fourth-order valence-electron chi connectivity index (χ4n) is 3.16. The first-order valence-corrected chi connectivity index (χ1v) is 8.79. The molecule has 1 saturated heterocycles. The summed E-state index contributed by atoms with van der Waals surface area (Å²) in [6, 6.07) is 1.76. The van der Waals surface area contributed by atoms with Crippen LogP contribution >= 0.6 is 0 Å². The monoisotopic (exact) mass is 436 g/mol. The van der Waals surface area contributed by atoms with E-state index in [2.05, 4.69) is 10.3 Å². The second kappa shape index (κ2) is 8.21. The lowest BCUT2D eigenvalue weighted by Crippen LogP contribution is -2.38. The number of ether oxygens (including phenoxy) is 1. The minimum absolute atomic E-state index is 0.287. The number of nitrogens with zero attached hydrogens (tertiary/aromatic N) is 1. The highest BCUT2D eigenvalue weighted by molar-refractivity contribution is 5.81. The van der Waals surface area contributed by atoms with Crippen LogP contribution in [0.5, 0.6) is 0 Å². The van der Waals surface area contributed by atoms with E-state index >= 15 is 0 Å². The molecule has 1 amide bonds. The average Bonchev–Trinajstić information content (AvgIpc) is 3.19. The quantitative estimate of drug-likeness (QED) is 0.711. The number of carbonyl (C=O) groups excluding carboxylic acids is 1. The van der Waals surface area contributed by atoms with Gasteiger partial charge in [-0.25, -0.2) is 4.39 Å². The van der Waals surface area contributed by atoms with Gasteiger partial charge >= 0.3 is 12.4 Å². The summed E-state index contributed by atoms with van der Waals surface area (Å²) in [6.07, 6.45) is -8.84. The van der Waals surface area contributed by atoms with E-state index in [9.17, 15) is 35.5 Å². The van der Waals surface area contributed by atoms with E-state index in [0.717, 1.165) is 18.3 Å². The van der Waals surface area contributed by atoms with Crippen molar-refractivity contribution in [3.8, 4) is 0 Å². The number of rotatable bonds is 4. The zero-order valence-electron chi connectivity index (χ0n) is 15.1. The maximum Gasteiger partial charge on any atom is 0.419 e. The molecule has 1 fully saturated rings. The summed E-state index contributed by atoms with van der Waals surface area (Å²) in [5.74, 6) is -2.45. The standard InChI is InChI=1S/C19H15F7N2O2/c20-13-9-10(5-6-11(13)18(21,22)23)15(28-17(29)14-4-2-8-30-14)16-12(19(24,25)26)3-1-7-27-16/h1,3,5-7,9,14-15H,2,4,8H2,(H,28,29)/t14-,15?/m0/s1. The first kappa shape index (κ1) is 22.0. The number of aromatic nitrogens is 1. The van der Waals surface area contributed by atoms with Crippen molar-refractivity contribution in [1.29, 1.82) is 0 Å². The normalized spacial score (nSPS) is 18.3. The Morgan fingerprint density at radius 1 is 1.10 bits per heavy atom. The number of carbonyl (C=O) groups is 1. The Kier molecular flexibility index (Phi) is 6.02. The highest BCUT2D eigenvalue weighted by Crippen LogP contribution is 2.37. The molecule has 1 aliphatic heterocycles. The van der Waals surface area contributed by atoms with Gasteiger partial charge in [-0.1, -0.05) is 6.07 Å². The molecule has 0 aliphatic carbocycles. The number of benzene rings is 1. The van der Waals surface area contributed by atoms with Crippen LogP contribution in [0.1, 0.15) is 41.3 Å². The number of hydrogen-bond donors (Lipinski definition) is 1. The van der Waals surface area contributed by atoms with Gasteiger partial charge in [0.1, 0.15) is 11.9 Å². The summed E-state index contributed by atoms with van der Waals surface area (Å²) >= 11 is 0. The lowest BCUT2D eigenvalue weighted by atomic mass is 9.97. The van der Waals surface area contributed by atoms with Crippen molar-refractivity contribution in [2.75, 3.05) is 6.61 Å². The first-order chi connectivity index (χ1) is 14.0. The maximum atomic E-state index is 14.1. The van der Waals surface area contributed by atoms with Gasteiger partial charge in [-0.15, -0.1) is 0 Å². The third-order valence-electron chi connectivity index (χ3n) is 4.56. The lowest BCUT2D eigenvalue weighted by Gasteiger charge is -2.24. The maximum absolute atomic E-state index is 14.1. The van der Waals surface area contributed by atoms with Crippen LogP contribution in [0.15, 0.2) is 36.5 Å². The van der Waals surface area contributed by atoms with Gasteiger partial charge in [-0.3, -0.25) is 9.78 Å². The molecule has 11 heteroatoms. The molecule has 162 valence electrons. The summed E-state index contributed by atoms with van der Waals surface area (Å²) < 4.78 is 98.2. The number of pyridine rings is 1. The zero-order valence-corrected chi connectivity index (χ0v) is 15.1. The fourth-order valence-corrected chi connectivity index (χ4v) is 3.16. The number of amides is 1. The average molecular weight is 436 g/mol. The Hall–Kier alpha value is -2.69. The van der Waals surface area contributed by atoms with Gasteiger partial charge in [-0.2, -0.15) is 26.3 Å². The zero-order chi connectivity index (χ0) is 22.1. The van der Waals surface area contributed by atoms with Crippen molar-refractivity contribution >= 4 is 5.91 Å². The molecule has 1 unspecified atom stereocenters. The molecular formula is C19H15F7N2O2. The van der Waals surface area contributed by atoms with E-state index in [1.54, 1.807) is 0 Å². The van der Waals surface area contributed by atoms with Gasteiger partial charge in [0.25, 0.3) is 0 Å². The van der Waals surface area contributed by atoms with Crippen molar-refractivity contribution in [2.24, 2.45) is 0 Å². The van der Waals surface area contributed by atoms with Crippen LogP contribution in [0, 0.1) is 5.82 Å². The summed E-state index contributed by atoms with van der Waals surface area (Å²) in [4.78, 5) is 16.1. The van der Waals surface area contributed by atoms with Crippen LogP contribution in [0.4, 0.5) is 30.7 Å². The van der Waals surface area contributed by atoms with Crippen LogP contribution in [-0.4, -0.2) is 23.6 Å². The van der Waals surface area contributed by atoms with Crippen LogP contribution in [0.3, 0.4) is 0 Å². The molecule has 0 radical (unpaired) electrons. The summed E-state index contributed by atoms with van der Waals surface area (Å²) in [5.41, 5.74) is -3.78. The minimum atomic E-state index is -4.98. The Bertz CT molecular complexity index is 922. The van der Waals surface area contributed by atoms with Crippen LogP contribution in [-0.2, 0) is 21.9 Å². The van der Waals surface area contributed by atoms with Gasteiger partial charge < -0.3 is 10.1 Å². The molecule has 1 aliphatic rings. The number of halogens is 7. The van der Waals surface area contributed by atoms with Crippen LogP contribution in [0.2, 0.25) is 0 Å². The van der Waals surface area contributed by atoms with E-state index in [-0.39, 0.29) is 12.2 Å². The molecule has 30 heavy (non-hydrogen) atoms. The topological polar surface area (TPSA) is 51.2 Å². The number of hydrogen-bond acceptors (Lipinski definition) is 3. The molecule has 1 aromatic carbocycles. The lowest BCUT2D eigenvalue weighted by molar-refractivity contribution is -0.140. The van der Waals surface area contributed by atoms with Gasteiger partial charge in [0, 0.05) is 12.8 Å². The smallest absolute Gasteiger partial charge is 0.368 e. The molecule has 1 aromatic heterocycles. The summed E-state index contributed by atoms with van der Waals surface area (Å²) in [7, 11) is 0. The second-order valence-electron chi connectivity index (χ2n) is 6.61. The largest absolute Gasteiger partial charge is 0.419 e. The third-order valence-corrected chi connectivity index (χ3v) is 4.56. The molecule has 2 heterocycles. The highest BCUT2D eigenvalue weighted by atomic mass is 19.4. The third kappa shape index (κ3) is 4.72. The Labute approximate surface area is 166 Å². The number of nitrogens with one attached hydrogen (secondary N) is 1. The van der Waals surface area contributed by atoms with Gasteiger partial charge in [0.2, 0.25) is 5.91 Å². The van der Waals surface area contributed by atoms with E-state index < -0.39 is 53.0 Å². The predicted octanol–water partition coefficient (Wildman–Crippen LogP) is 4.64. The van der Waals surface area contributed by atoms with Crippen molar-refractivity contribution < 1.29 is 40.3 Å². The van der Waals surface area contributed by atoms with Crippen LogP contribution in [0.25, 0.3) is 0 Å². The molecule has 3 rings (SSSR count). The Morgan fingerprint density at radius 3 is 2.37 bits per heavy atom. The Morgan fingerprint density at radius 2 is 1.80 bits per heavy atom. The Balaban J connectivity index is 2.07. The van der Waals surface area contributed by atoms with Crippen molar-refractivity contribution in [3.63, 3.8) is 0 Å². The molecule has 2 atom stereocenters. The van der Waals surface area contributed by atoms with Crippen molar-refractivity contribution in [3.05, 3.63) is 64.7 Å². The molecule has 4 nitrogen and oxygen atoms in total. The highest BCUT2D eigenvalue weighted by Gasteiger charge is 2.39. The molecule has 0 spiro atoms. The van der Waals surface area contributed by atoms with Gasteiger partial charge in [0.15, 0.2) is 0 Å². The first-order valence-electron chi connectivity index (χ1n) is 8.79. The van der Waals surface area contributed by atoms with Crippen LogP contribution < -0.4 is 5.32 Å². The summed E-state index contributed by atoms with van der Waals surface area (Å²) in [6.45, 7) is 0.287. The van der Waals surface area contributed by atoms with E-state index in [1.807, 2.05) is 0 Å².